The third-order valence-corrected chi connectivity index (χ3v) is 2.93. The van der Waals surface area contributed by atoms with E-state index in [1.54, 1.807) is 18.2 Å². The predicted molar refractivity (Wildman–Crippen MR) is 69.5 cm³/mol. The van der Waals surface area contributed by atoms with E-state index in [1.807, 2.05) is 0 Å². The highest BCUT2D eigenvalue weighted by atomic mass is 35.5. The summed E-state index contributed by atoms with van der Waals surface area (Å²) < 4.78 is 0. The number of rotatable bonds is 3. The second-order valence-electron chi connectivity index (χ2n) is 2.80. The van der Waals surface area contributed by atoms with Gasteiger partial charge in [0.2, 0.25) is 5.91 Å². The summed E-state index contributed by atoms with van der Waals surface area (Å²) >= 11 is 12.7. The second-order valence-corrected chi connectivity index (χ2v) is 4.63. The van der Waals surface area contributed by atoms with Gasteiger partial charge in [0.25, 0.3) is 0 Å². The normalized spacial score (nSPS) is 9.88. The Balaban J connectivity index is 2.66. The van der Waals surface area contributed by atoms with Gasteiger partial charge in [0, 0.05) is 0 Å². The minimum absolute atomic E-state index is 0.0525. The van der Waals surface area contributed by atoms with Gasteiger partial charge in [-0.3, -0.25) is 10.2 Å². The standard InChI is InChI=1S/C9H9Cl2N3OS/c10-5-2-1-3-6(11)8(5)14-7(15)4-16-9(12)13/h1-3H,4H2,(H3,12,13)(H,14,15). The van der Waals surface area contributed by atoms with Crippen LogP contribution in [-0.4, -0.2) is 16.8 Å². The van der Waals surface area contributed by atoms with E-state index in [2.05, 4.69) is 5.32 Å². The van der Waals surface area contributed by atoms with Gasteiger partial charge in [-0.25, -0.2) is 0 Å². The van der Waals surface area contributed by atoms with Crippen LogP contribution in [0.25, 0.3) is 0 Å². The fourth-order valence-corrected chi connectivity index (χ4v) is 1.79. The summed E-state index contributed by atoms with van der Waals surface area (Å²) in [5.74, 6) is -0.258. The lowest BCUT2D eigenvalue weighted by molar-refractivity contribution is -0.113. The molecule has 86 valence electrons. The van der Waals surface area contributed by atoms with Crippen molar-refractivity contribution in [2.24, 2.45) is 5.73 Å². The van der Waals surface area contributed by atoms with Crippen molar-refractivity contribution in [1.82, 2.24) is 0 Å². The molecule has 0 aliphatic heterocycles. The number of thioether (sulfide) groups is 1. The summed E-state index contributed by atoms with van der Waals surface area (Å²) in [5.41, 5.74) is 5.48. The van der Waals surface area contributed by atoms with E-state index in [0.717, 1.165) is 11.8 Å². The van der Waals surface area contributed by atoms with Gasteiger partial charge in [-0.1, -0.05) is 41.0 Å². The molecule has 0 heterocycles. The highest BCUT2D eigenvalue weighted by molar-refractivity contribution is 8.14. The van der Waals surface area contributed by atoms with E-state index in [4.69, 9.17) is 34.3 Å². The van der Waals surface area contributed by atoms with Crippen LogP contribution < -0.4 is 11.1 Å². The number of benzene rings is 1. The molecule has 0 aromatic heterocycles. The molecule has 1 aromatic rings. The Morgan fingerprint density at radius 3 is 2.50 bits per heavy atom. The number of hydrogen-bond acceptors (Lipinski definition) is 3. The Labute approximate surface area is 107 Å². The summed E-state index contributed by atoms with van der Waals surface area (Å²) in [6.45, 7) is 0. The van der Waals surface area contributed by atoms with Gasteiger partial charge in [-0.05, 0) is 12.1 Å². The Hall–Kier alpha value is -0.910. The van der Waals surface area contributed by atoms with Crippen LogP contribution in [0.15, 0.2) is 18.2 Å². The zero-order valence-corrected chi connectivity index (χ0v) is 10.4. The molecule has 0 spiro atoms. The molecule has 0 bridgehead atoms. The van der Waals surface area contributed by atoms with E-state index in [9.17, 15) is 4.79 Å². The van der Waals surface area contributed by atoms with Crippen molar-refractivity contribution in [3.05, 3.63) is 28.2 Å². The smallest absolute Gasteiger partial charge is 0.234 e. The topological polar surface area (TPSA) is 79.0 Å². The minimum Gasteiger partial charge on any atom is -0.379 e. The van der Waals surface area contributed by atoms with Crippen molar-refractivity contribution >= 4 is 51.7 Å². The second kappa shape index (κ2) is 5.98. The van der Waals surface area contributed by atoms with Gasteiger partial charge >= 0.3 is 0 Å². The maximum atomic E-state index is 11.4. The Kier molecular flexibility index (Phi) is 4.92. The highest BCUT2D eigenvalue weighted by Gasteiger charge is 2.09. The average Bonchev–Trinajstić information content (AvgIpc) is 2.21. The average molecular weight is 278 g/mol. The molecule has 1 amide bonds. The lowest BCUT2D eigenvalue weighted by Gasteiger charge is -2.08. The molecule has 0 aliphatic rings. The summed E-state index contributed by atoms with van der Waals surface area (Å²) in [7, 11) is 0. The first-order valence-corrected chi connectivity index (χ1v) is 5.95. The third kappa shape index (κ3) is 3.92. The molecule has 4 nitrogen and oxygen atoms in total. The first-order valence-electron chi connectivity index (χ1n) is 4.21. The number of amides is 1. The SMILES string of the molecule is N=C(N)SCC(=O)Nc1c(Cl)cccc1Cl. The van der Waals surface area contributed by atoms with E-state index >= 15 is 0 Å². The van der Waals surface area contributed by atoms with Crippen molar-refractivity contribution in [3.63, 3.8) is 0 Å². The van der Waals surface area contributed by atoms with Crippen LogP contribution in [0.1, 0.15) is 0 Å². The molecule has 7 heteroatoms. The van der Waals surface area contributed by atoms with Crippen molar-refractivity contribution in [3.8, 4) is 0 Å². The van der Waals surface area contributed by atoms with Crippen molar-refractivity contribution in [2.45, 2.75) is 0 Å². The molecular weight excluding hydrogens is 269 g/mol. The Bertz CT molecular complexity index is 405. The number of nitrogens with two attached hydrogens (primary N) is 1. The number of halogens is 2. The van der Waals surface area contributed by atoms with E-state index in [-0.39, 0.29) is 16.8 Å². The number of carbonyl (C=O) groups is 1. The van der Waals surface area contributed by atoms with Gasteiger partial charge in [-0.15, -0.1) is 0 Å². The largest absolute Gasteiger partial charge is 0.379 e. The number of anilines is 1. The summed E-state index contributed by atoms with van der Waals surface area (Å²) in [6.07, 6.45) is 0. The molecule has 1 rings (SSSR count). The van der Waals surface area contributed by atoms with Crippen LogP contribution in [0.3, 0.4) is 0 Å². The predicted octanol–water partition coefficient (Wildman–Crippen LogP) is 2.56. The van der Waals surface area contributed by atoms with E-state index < -0.39 is 0 Å². The molecule has 0 fully saturated rings. The molecule has 0 saturated carbocycles. The molecule has 1 aromatic carbocycles. The molecule has 0 radical (unpaired) electrons. The van der Waals surface area contributed by atoms with Gasteiger partial charge in [0.15, 0.2) is 5.17 Å². The summed E-state index contributed by atoms with van der Waals surface area (Å²) in [5, 5.41) is 10.1. The van der Waals surface area contributed by atoms with Crippen LogP contribution in [0.2, 0.25) is 10.0 Å². The minimum atomic E-state index is -0.310. The fourth-order valence-electron chi connectivity index (χ4n) is 0.936. The van der Waals surface area contributed by atoms with E-state index in [0.29, 0.717) is 15.7 Å². The van der Waals surface area contributed by atoms with Gasteiger partial charge in [0.05, 0.1) is 21.5 Å². The van der Waals surface area contributed by atoms with Crippen LogP contribution >= 0.6 is 35.0 Å². The number of carbonyl (C=O) groups excluding carboxylic acids is 1. The van der Waals surface area contributed by atoms with Gasteiger partial charge in [-0.2, -0.15) is 0 Å². The van der Waals surface area contributed by atoms with Crippen LogP contribution in [-0.2, 0) is 4.79 Å². The number of nitrogens with one attached hydrogen (secondary N) is 2. The molecule has 0 aliphatic carbocycles. The summed E-state index contributed by atoms with van der Waals surface area (Å²) in [6, 6.07) is 4.94. The number of hydrogen-bond donors (Lipinski definition) is 3. The Morgan fingerprint density at radius 2 is 2.00 bits per heavy atom. The first-order chi connectivity index (χ1) is 7.50. The number of para-hydroxylation sites is 1. The maximum Gasteiger partial charge on any atom is 0.234 e. The Morgan fingerprint density at radius 1 is 1.44 bits per heavy atom. The quantitative estimate of drug-likeness (QED) is 0.587. The first kappa shape index (κ1) is 13.2. The van der Waals surface area contributed by atoms with Crippen LogP contribution in [0, 0.1) is 5.41 Å². The molecule has 0 saturated heterocycles. The monoisotopic (exact) mass is 277 g/mol. The molecular formula is C9H9Cl2N3OS. The van der Waals surface area contributed by atoms with Gasteiger partial charge in [0.1, 0.15) is 0 Å². The summed E-state index contributed by atoms with van der Waals surface area (Å²) in [4.78, 5) is 11.4. The van der Waals surface area contributed by atoms with Crippen molar-refractivity contribution < 1.29 is 4.79 Å². The molecule has 0 atom stereocenters. The zero-order chi connectivity index (χ0) is 12.1. The molecule has 0 unspecified atom stereocenters. The highest BCUT2D eigenvalue weighted by Crippen LogP contribution is 2.29. The molecule has 4 N–H and O–H groups in total. The maximum absolute atomic E-state index is 11.4. The van der Waals surface area contributed by atoms with Crippen molar-refractivity contribution in [2.75, 3.05) is 11.1 Å². The fraction of sp³-hybridized carbons (Fsp3) is 0.111. The van der Waals surface area contributed by atoms with Gasteiger partial charge < -0.3 is 11.1 Å². The molecule has 16 heavy (non-hydrogen) atoms. The lowest BCUT2D eigenvalue weighted by atomic mass is 10.3. The van der Waals surface area contributed by atoms with Crippen LogP contribution in [0.4, 0.5) is 5.69 Å². The lowest BCUT2D eigenvalue weighted by Crippen LogP contribution is -2.17. The third-order valence-electron chi connectivity index (χ3n) is 1.59. The van der Waals surface area contributed by atoms with Crippen molar-refractivity contribution in [1.29, 1.82) is 5.41 Å². The van der Waals surface area contributed by atoms with E-state index in [1.165, 1.54) is 0 Å². The zero-order valence-electron chi connectivity index (χ0n) is 8.09. The number of amidine groups is 1. The van der Waals surface area contributed by atoms with Crippen LogP contribution in [0.5, 0.6) is 0 Å².